The zero-order valence-corrected chi connectivity index (χ0v) is 15.2. The molecule has 0 aliphatic rings. The average molecular weight is 388 g/mol. The third-order valence-corrected chi connectivity index (χ3v) is 5.60. The maximum absolute atomic E-state index is 12.7. The molecule has 0 saturated heterocycles. The lowest BCUT2D eigenvalue weighted by Crippen LogP contribution is -2.16. The van der Waals surface area contributed by atoms with Gasteiger partial charge in [-0.2, -0.15) is 0 Å². The number of benzene rings is 1. The molecule has 22 heavy (non-hydrogen) atoms. The Balaban J connectivity index is 2.48. The predicted molar refractivity (Wildman–Crippen MR) is 89.9 cm³/mol. The van der Waals surface area contributed by atoms with Crippen LogP contribution in [0.3, 0.4) is 0 Å². The molecular weight excluding hydrogens is 370 g/mol. The van der Waals surface area contributed by atoms with E-state index >= 15 is 0 Å². The molecular formula is C14H18BrN3O3S. The van der Waals surface area contributed by atoms with E-state index in [1.54, 1.807) is 13.0 Å². The number of anilines is 2. The quantitative estimate of drug-likeness (QED) is 0.852. The van der Waals surface area contributed by atoms with Gasteiger partial charge in [0.05, 0.1) is 10.6 Å². The number of sulfonamides is 1. The summed E-state index contributed by atoms with van der Waals surface area (Å²) in [4.78, 5) is 2.09. The number of hydrogen-bond donors (Lipinski definition) is 1. The molecule has 0 spiro atoms. The topological polar surface area (TPSA) is 75.4 Å². The van der Waals surface area contributed by atoms with Crippen LogP contribution in [0.4, 0.5) is 11.6 Å². The van der Waals surface area contributed by atoms with E-state index in [2.05, 4.69) is 25.8 Å². The van der Waals surface area contributed by atoms with Crippen LogP contribution in [0.2, 0.25) is 0 Å². The zero-order valence-electron chi connectivity index (χ0n) is 12.8. The maximum Gasteiger partial charge on any atom is 0.264 e. The molecule has 0 amide bonds. The minimum atomic E-state index is -3.76. The lowest BCUT2D eigenvalue weighted by molar-refractivity contribution is 0.430. The van der Waals surface area contributed by atoms with Crippen LogP contribution in [0.5, 0.6) is 0 Å². The predicted octanol–water partition coefficient (Wildman–Crippen LogP) is 3.17. The van der Waals surface area contributed by atoms with Crippen LogP contribution >= 0.6 is 15.9 Å². The van der Waals surface area contributed by atoms with Crippen LogP contribution in [0, 0.1) is 6.92 Å². The van der Waals surface area contributed by atoms with Crippen molar-refractivity contribution in [1.29, 1.82) is 0 Å². The summed E-state index contributed by atoms with van der Waals surface area (Å²) < 4.78 is 33.3. The van der Waals surface area contributed by atoms with Gasteiger partial charge in [-0.05, 0) is 47.0 Å². The molecule has 0 aliphatic heterocycles. The van der Waals surface area contributed by atoms with Crippen molar-refractivity contribution in [1.82, 2.24) is 5.16 Å². The van der Waals surface area contributed by atoms with E-state index < -0.39 is 10.0 Å². The Kier molecular flexibility index (Phi) is 4.81. The summed E-state index contributed by atoms with van der Waals surface area (Å²) in [5, 5.41) is 3.73. The van der Waals surface area contributed by atoms with E-state index in [9.17, 15) is 8.42 Å². The van der Waals surface area contributed by atoms with Gasteiger partial charge in [0.1, 0.15) is 4.47 Å². The van der Waals surface area contributed by atoms with Crippen molar-refractivity contribution in [2.45, 2.75) is 25.2 Å². The van der Waals surface area contributed by atoms with E-state index in [0.717, 1.165) is 11.3 Å². The second-order valence-corrected chi connectivity index (χ2v) is 7.50. The largest absolute Gasteiger partial charge is 0.378 e. The Labute approximate surface area is 138 Å². The fourth-order valence-corrected chi connectivity index (χ4v) is 3.66. The van der Waals surface area contributed by atoms with Gasteiger partial charge in [0, 0.05) is 19.8 Å². The van der Waals surface area contributed by atoms with Crippen LogP contribution in [-0.2, 0) is 16.4 Å². The molecule has 1 heterocycles. The number of halogens is 1. The molecule has 1 aromatic heterocycles. The fraction of sp³-hybridized carbons (Fsp3) is 0.357. The molecule has 6 nitrogen and oxygen atoms in total. The second kappa shape index (κ2) is 6.29. The zero-order chi connectivity index (χ0) is 16.5. The molecule has 0 unspecified atom stereocenters. The molecule has 0 atom stereocenters. The number of aryl methyl sites for hydroxylation is 2. The second-order valence-electron chi connectivity index (χ2n) is 5.06. The number of aromatic nitrogens is 1. The Morgan fingerprint density at radius 3 is 2.55 bits per heavy atom. The molecule has 1 aromatic carbocycles. The maximum atomic E-state index is 12.7. The molecule has 0 aliphatic carbocycles. The van der Waals surface area contributed by atoms with Crippen molar-refractivity contribution < 1.29 is 12.9 Å². The van der Waals surface area contributed by atoms with E-state index in [1.807, 2.05) is 38.1 Å². The highest BCUT2D eigenvalue weighted by Crippen LogP contribution is 2.30. The summed E-state index contributed by atoms with van der Waals surface area (Å²) in [6.07, 6.45) is 0.612. The summed E-state index contributed by atoms with van der Waals surface area (Å²) in [7, 11) is -0.0371. The standard InChI is InChI=1S/C14H18BrN3O3S/c1-5-10-6-7-11(18(3)4)8-12(10)22(19,20)17-14-13(15)9(2)16-21-14/h6-8,17H,5H2,1-4H3. The van der Waals surface area contributed by atoms with Crippen molar-refractivity contribution in [2.24, 2.45) is 0 Å². The van der Waals surface area contributed by atoms with E-state index in [1.165, 1.54) is 0 Å². The fourth-order valence-electron chi connectivity index (χ4n) is 1.96. The van der Waals surface area contributed by atoms with Crippen LogP contribution < -0.4 is 9.62 Å². The van der Waals surface area contributed by atoms with E-state index in [-0.39, 0.29) is 10.8 Å². The van der Waals surface area contributed by atoms with E-state index in [0.29, 0.717) is 16.6 Å². The Hall–Kier alpha value is -1.54. The minimum Gasteiger partial charge on any atom is -0.378 e. The summed E-state index contributed by atoms with van der Waals surface area (Å²) in [6, 6.07) is 5.37. The highest BCUT2D eigenvalue weighted by atomic mass is 79.9. The monoisotopic (exact) mass is 387 g/mol. The van der Waals surface area contributed by atoms with Crippen molar-refractivity contribution in [3.05, 3.63) is 33.9 Å². The van der Waals surface area contributed by atoms with E-state index in [4.69, 9.17) is 4.52 Å². The van der Waals surface area contributed by atoms with Gasteiger partial charge in [-0.1, -0.05) is 18.1 Å². The van der Waals surface area contributed by atoms with Gasteiger partial charge in [0.25, 0.3) is 15.9 Å². The van der Waals surface area contributed by atoms with Crippen molar-refractivity contribution in [2.75, 3.05) is 23.7 Å². The van der Waals surface area contributed by atoms with Crippen LogP contribution in [-0.4, -0.2) is 27.7 Å². The van der Waals surface area contributed by atoms with Gasteiger partial charge in [-0.3, -0.25) is 0 Å². The number of rotatable bonds is 5. The van der Waals surface area contributed by atoms with Gasteiger partial charge in [-0.25, -0.2) is 13.1 Å². The first kappa shape index (κ1) is 16.8. The van der Waals surface area contributed by atoms with Gasteiger partial charge < -0.3 is 9.42 Å². The van der Waals surface area contributed by atoms with Gasteiger partial charge in [0.2, 0.25) is 0 Å². The Morgan fingerprint density at radius 2 is 2.05 bits per heavy atom. The molecule has 0 radical (unpaired) electrons. The number of hydrogen-bond acceptors (Lipinski definition) is 5. The smallest absolute Gasteiger partial charge is 0.264 e. The molecule has 8 heteroatoms. The average Bonchev–Trinajstić information content (AvgIpc) is 2.78. The molecule has 1 N–H and O–H groups in total. The third kappa shape index (κ3) is 3.27. The van der Waals surface area contributed by atoms with Crippen LogP contribution in [0.15, 0.2) is 32.1 Å². The van der Waals surface area contributed by atoms with Crippen molar-refractivity contribution in [3.8, 4) is 0 Å². The summed E-state index contributed by atoms with van der Waals surface area (Å²) >= 11 is 3.26. The summed E-state index contributed by atoms with van der Waals surface area (Å²) in [5.41, 5.74) is 2.13. The first-order valence-corrected chi connectivity index (χ1v) is 8.98. The Morgan fingerprint density at radius 1 is 1.36 bits per heavy atom. The van der Waals surface area contributed by atoms with Crippen LogP contribution in [0.1, 0.15) is 18.2 Å². The molecule has 0 bridgehead atoms. The van der Waals surface area contributed by atoms with Gasteiger partial charge in [-0.15, -0.1) is 0 Å². The first-order valence-electron chi connectivity index (χ1n) is 6.71. The lowest BCUT2D eigenvalue weighted by atomic mass is 10.1. The number of nitrogens with zero attached hydrogens (tertiary/aromatic N) is 2. The lowest BCUT2D eigenvalue weighted by Gasteiger charge is -2.16. The van der Waals surface area contributed by atoms with Crippen molar-refractivity contribution in [3.63, 3.8) is 0 Å². The number of nitrogens with one attached hydrogen (secondary N) is 1. The van der Waals surface area contributed by atoms with Crippen molar-refractivity contribution >= 4 is 37.5 Å². The highest BCUT2D eigenvalue weighted by molar-refractivity contribution is 9.10. The molecule has 0 saturated carbocycles. The first-order chi connectivity index (χ1) is 10.3. The normalized spacial score (nSPS) is 11.5. The van der Waals surface area contributed by atoms with Gasteiger partial charge in [0.15, 0.2) is 0 Å². The molecule has 2 aromatic rings. The molecule has 120 valence electrons. The minimum absolute atomic E-state index is 0.0785. The SMILES string of the molecule is CCc1ccc(N(C)C)cc1S(=O)(=O)Nc1onc(C)c1Br. The van der Waals surface area contributed by atoms with Crippen LogP contribution in [0.25, 0.3) is 0 Å². The summed E-state index contributed by atoms with van der Waals surface area (Å²) in [6.45, 7) is 3.63. The summed E-state index contributed by atoms with van der Waals surface area (Å²) in [5.74, 6) is 0.0785. The molecule has 0 fully saturated rings. The highest BCUT2D eigenvalue weighted by Gasteiger charge is 2.23. The third-order valence-electron chi connectivity index (χ3n) is 3.26. The Bertz CT molecular complexity index is 785. The molecule has 2 rings (SSSR count). The van der Waals surface area contributed by atoms with Gasteiger partial charge >= 0.3 is 0 Å².